The van der Waals surface area contributed by atoms with E-state index in [2.05, 4.69) is 99.0 Å². The standard InChI is InChI=1S/C25H30NP.HI/c1-26(2)20-11-5-6-13-22-14-12-19-25(21-22)27(23-15-7-3-8-16-23)24-17-9-4-10-18-24;/h3-4,7-10,12,14-19,21H,5-6,11,13,20H2,1-2H3;1H. The summed E-state index contributed by atoms with van der Waals surface area (Å²) in [6, 6.07) is 31.2. The first-order valence-electron chi connectivity index (χ1n) is 10.0. The minimum absolute atomic E-state index is 0. The summed E-state index contributed by atoms with van der Waals surface area (Å²) in [6.07, 6.45) is 5.11. The van der Waals surface area contributed by atoms with E-state index in [-0.39, 0.29) is 24.0 Å². The minimum Gasteiger partial charge on any atom is -1.00 e. The van der Waals surface area contributed by atoms with Gasteiger partial charge in [-0.1, -0.05) is 84.9 Å². The van der Waals surface area contributed by atoms with E-state index in [0.29, 0.717) is 0 Å². The Morgan fingerprint density at radius 3 is 1.79 bits per heavy atom. The molecule has 0 atom stereocenters. The normalized spacial score (nSPS) is 10.9. The van der Waals surface area contributed by atoms with E-state index >= 15 is 0 Å². The van der Waals surface area contributed by atoms with E-state index in [4.69, 9.17) is 0 Å². The molecule has 0 aromatic heterocycles. The number of nitrogens with one attached hydrogen (secondary N) is 1. The van der Waals surface area contributed by atoms with E-state index < -0.39 is 7.92 Å². The van der Waals surface area contributed by atoms with E-state index in [1.165, 1.54) is 53.7 Å². The average molecular weight is 503 g/mol. The van der Waals surface area contributed by atoms with Crippen LogP contribution in [0.5, 0.6) is 0 Å². The summed E-state index contributed by atoms with van der Waals surface area (Å²) in [4.78, 5) is 1.55. The van der Waals surface area contributed by atoms with Crippen LogP contribution in [0.1, 0.15) is 24.8 Å². The van der Waals surface area contributed by atoms with Crippen LogP contribution in [-0.2, 0) is 6.42 Å². The van der Waals surface area contributed by atoms with Crippen LogP contribution in [0.4, 0.5) is 0 Å². The van der Waals surface area contributed by atoms with Gasteiger partial charge in [-0.3, -0.25) is 0 Å². The highest BCUT2D eigenvalue weighted by atomic mass is 127. The van der Waals surface area contributed by atoms with Crippen LogP contribution in [-0.4, -0.2) is 20.6 Å². The fourth-order valence-corrected chi connectivity index (χ4v) is 5.80. The van der Waals surface area contributed by atoms with Crippen LogP contribution in [0.2, 0.25) is 0 Å². The van der Waals surface area contributed by atoms with Gasteiger partial charge in [0.05, 0.1) is 20.6 Å². The van der Waals surface area contributed by atoms with Crippen LogP contribution in [0, 0.1) is 0 Å². The highest BCUT2D eigenvalue weighted by molar-refractivity contribution is 7.79. The number of hydrogen-bond donors (Lipinski definition) is 1. The molecule has 148 valence electrons. The summed E-state index contributed by atoms with van der Waals surface area (Å²) in [5, 5.41) is 4.30. The van der Waals surface area contributed by atoms with Crippen LogP contribution in [0.25, 0.3) is 0 Å². The molecule has 0 fully saturated rings. The molecule has 0 aliphatic rings. The van der Waals surface area contributed by atoms with Gasteiger partial charge in [-0.2, -0.15) is 0 Å². The molecule has 0 saturated carbocycles. The van der Waals surface area contributed by atoms with Crippen molar-refractivity contribution in [2.75, 3.05) is 20.6 Å². The van der Waals surface area contributed by atoms with Crippen molar-refractivity contribution in [2.45, 2.75) is 25.7 Å². The quantitative estimate of drug-likeness (QED) is 0.244. The molecule has 0 amide bonds. The summed E-state index contributed by atoms with van der Waals surface area (Å²) in [5.74, 6) is 0. The highest BCUT2D eigenvalue weighted by Gasteiger charge is 2.16. The summed E-state index contributed by atoms with van der Waals surface area (Å²) in [7, 11) is 3.97. The molecule has 1 nitrogen and oxygen atoms in total. The van der Waals surface area contributed by atoms with Crippen LogP contribution >= 0.6 is 7.92 Å². The van der Waals surface area contributed by atoms with Gasteiger partial charge < -0.3 is 28.9 Å². The molecule has 3 heteroatoms. The van der Waals surface area contributed by atoms with Crippen molar-refractivity contribution in [3.05, 3.63) is 90.5 Å². The molecule has 0 aliphatic carbocycles. The summed E-state index contributed by atoms with van der Waals surface area (Å²) in [6.45, 7) is 1.27. The Balaban J connectivity index is 0.00000280. The number of hydrogen-bond acceptors (Lipinski definition) is 0. The van der Waals surface area contributed by atoms with Gasteiger partial charge in [-0.15, -0.1) is 0 Å². The monoisotopic (exact) mass is 503 g/mol. The molecule has 0 radical (unpaired) electrons. The maximum atomic E-state index is 2.45. The lowest BCUT2D eigenvalue weighted by molar-refractivity contribution is -0.858. The van der Waals surface area contributed by atoms with Crippen molar-refractivity contribution in [3.63, 3.8) is 0 Å². The molecule has 0 saturated heterocycles. The first-order valence-corrected chi connectivity index (χ1v) is 11.4. The second-order valence-corrected chi connectivity index (χ2v) is 9.66. The Morgan fingerprint density at radius 2 is 1.21 bits per heavy atom. The average Bonchev–Trinajstić information content (AvgIpc) is 2.70. The number of aryl methyl sites for hydroxylation is 1. The van der Waals surface area contributed by atoms with Crippen molar-refractivity contribution in [1.82, 2.24) is 0 Å². The zero-order valence-corrected chi connectivity index (χ0v) is 20.0. The molecule has 28 heavy (non-hydrogen) atoms. The number of unbranched alkanes of at least 4 members (excludes halogenated alkanes) is 2. The maximum absolute atomic E-state index is 2.45. The largest absolute Gasteiger partial charge is 1.00 e. The number of benzene rings is 3. The number of halogens is 1. The van der Waals surface area contributed by atoms with Gasteiger partial charge in [-0.25, -0.2) is 0 Å². The first kappa shape index (κ1) is 23.1. The van der Waals surface area contributed by atoms with Crippen molar-refractivity contribution in [1.29, 1.82) is 0 Å². The predicted molar refractivity (Wildman–Crippen MR) is 120 cm³/mol. The molecular formula is C25H31INP. The predicted octanol–water partition coefficient (Wildman–Crippen LogP) is 0.306. The molecule has 3 aromatic carbocycles. The van der Waals surface area contributed by atoms with E-state index in [0.717, 1.165) is 0 Å². The lowest BCUT2D eigenvalue weighted by Crippen LogP contribution is -3.05. The fraction of sp³-hybridized carbons (Fsp3) is 0.280. The Hall–Kier alpha value is -1.22. The van der Waals surface area contributed by atoms with Gasteiger partial charge in [0.25, 0.3) is 0 Å². The SMILES string of the molecule is C[NH+](C)CCCCCc1cccc(P(c2ccccc2)c2ccccc2)c1.[I-]. The van der Waals surface area contributed by atoms with Crippen molar-refractivity contribution >= 4 is 23.8 Å². The number of rotatable bonds is 9. The van der Waals surface area contributed by atoms with Gasteiger partial charge in [0.15, 0.2) is 0 Å². The topological polar surface area (TPSA) is 4.44 Å². The maximum Gasteiger partial charge on any atom is 0.0766 e. The summed E-state index contributed by atoms with van der Waals surface area (Å²) in [5.41, 5.74) is 1.48. The van der Waals surface area contributed by atoms with Crippen molar-refractivity contribution in [2.24, 2.45) is 0 Å². The molecule has 1 N–H and O–H groups in total. The number of quaternary nitrogens is 1. The third-order valence-electron chi connectivity index (χ3n) is 4.84. The Labute approximate surface area is 189 Å². The molecule has 0 heterocycles. The van der Waals surface area contributed by atoms with E-state index in [9.17, 15) is 0 Å². The van der Waals surface area contributed by atoms with Crippen molar-refractivity contribution in [3.8, 4) is 0 Å². The zero-order valence-electron chi connectivity index (χ0n) is 16.9. The fourth-order valence-electron chi connectivity index (χ4n) is 3.44. The van der Waals surface area contributed by atoms with Crippen LogP contribution in [0.15, 0.2) is 84.9 Å². The van der Waals surface area contributed by atoms with Crippen molar-refractivity contribution < 1.29 is 28.9 Å². The summed E-state index contributed by atoms with van der Waals surface area (Å²) < 4.78 is 0. The van der Waals surface area contributed by atoms with Gasteiger partial charge in [0, 0.05) is 0 Å². The molecule has 0 unspecified atom stereocenters. The third kappa shape index (κ3) is 6.99. The molecule has 3 rings (SSSR count). The second-order valence-electron chi connectivity index (χ2n) is 7.44. The third-order valence-corrected chi connectivity index (χ3v) is 7.26. The molecule has 3 aromatic rings. The lowest BCUT2D eigenvalue weighted by Gasteiger charge is -2.20. The van der Waals surface area contributed by atoms with Crippen LogP contribution < -0.4 is 44.8 Å². The van der Waals surface area contributed by atoms with E-state index in [1.54, 1.807) is 4.90 Å². The zero-order chi connectivity index (χ0) is 18.9. The highest BCUT2D eigenvalue weighted by Crippen LogP contribution is 2.32. The molecular weight excluding hydrogens is 472 g/mol. The lowest BCUT2D eigenvalue weighted by atomic mass is 10.1. The minimum atomic E-state index is -0.496. The Morgan fingerprint density at radius 1 is 0.643 bits per heavy atom. The second kappa shape index (κ2) is 12.4. The molecule has 0 bridgehead atoms. The van der Waals surface area contributed by atoms with Crippen LogP contribution in [0.3, 0.4) is 0 Å². The molecule has 0 spiro atoms. The first-order chi connectivity index (χ1) is 13.2. The Bertz CT molecular complexity index is 766. The van der Waals surface area contributed by atoms with Gasteiger partial charge in [0.1, 0.15) is 0 Å². The van der Waals surface area contributed by atoms with Gasteiger partial charge in [0.2, 0.25) is 0 Å². The molecule has 0 aliphatic heterocycles. The van der Waals surface area contributed by atoms with E-state index in [1.807, 2.05) is 0 Å². The summed E-state index contributed by atoms with van der Waals surface area (Å²) >= 11 is 0. The van der Waals surface area contributed by atoms with Gasteiger partial charge >= 0.3 is 0 Å². The smallest absolute Gasteiger partial charge is 0.0766 e. The Kier molecular flexibility index (Phi) is 10.2. The van der Waals surface area contributed by atoms with Gasteiger partial charge in [-0.05, 0) is 55.1 Å².